The molecule has 2 N–H and O–H groups in total. The lowest BCUT2D eigenvalue weighted by Crippen LogP contribution is -2.51. The Hall–Kier alpha value is -3.33. The van der Waals surface area contributed by atoms with Crippen molar-refractivity contribution in [3.05, 3.63) is 59.6 Å². The summed E-state index contributed by atoms with van der Waals surface area (Å²) in [4.78, 5) is 23.3. The highest BCUT2D eigenvalue weighted by Gasteiger charge is 2.34. The minimum atomic E-state index is -0.285. The van der Waals surface area contributed by atoms with E-state index in [-0.39, 0.29) is 18.0 Å². The molecule has 3 heterocycles. The Bertz CT molecular complexity index is 965. The van der Waals surface area contributed by atoms with E-state index in [1.807, 2.05) is 17.0 Å². The number of carbonyl (C=O) groups is 1. The average molecular weight is 429 g/mol. The SMILES string of the molecule is COc1ccc(C2CN(c3ncno3)CCC2NC(=O)Nc2ccc(Cl)cc2)nc1. The second-order valence-electron chi connectivity index (χ2n) is 6.90. The minimum Gasteiger partial charge on any atom is -0.495 e. The van der Waals surface area contributed by atoms with Gasteiger partial charge in [-0.05, 0) is 42.8 Å². The van der Waals surface area contributed by atoms with Gasteiger partial charge in [-0.3, -0.25) is 4.98 Å². The number of piperidine rings is 1. The number of methoxy groups -OCH3 is 1. The lowest BCUT2D eigenvalue weighted by atomic mass is 9.89. The lowest BCUT2D eigenvalue weighted by Gasteiger charge is -2.37. The topological polar surface area (TPSA) is 105 Å². The summed E-state index contributed by atoms with van der Waals surface area (Å²) in [7, 11) is 1.60. The van der Waals surface area contributed by atoms with Crippen molar-refractivity contribution in [1.82, 2.24) is 20.4 Å². The van der Waals surface area contributed by atoms with Gasteiger partial charge in [0.2, 0.25) is 0 Å². The van der Waals surface area contributed by atoms with Gasteiger partial charge in [-0.1, -0.05) is 16.8 Å². The van der Waals surface area contributed by atoms with E-state index in [1.54, 1.807) is 37.6 Å². The molecule has 0 bridgehead atoms. The molecular weight excluding hydrogens is 408 g/mol. The Kier molecular flexibility index (Phi) is 5.99. The second kappa shape index (κ2) is 9.00. The van der Waals surface area contributed by atoms with Crippen LogP contribution in [0.4, 0.5) is 16.5 Å². The molecular formula is C20H21ClN6O3. The first kappa shape index (κ1) is 20.0. The third kappa shape index (κ3) is 4.62. The van der Waals surface area contributed by atoms with Gasteiger partial charge < -0.3 is 24.8 Å². The number of halogens is 1. The Labute approximate surface area is 178 Å². The lowest BCUT2D eigenvalue weighted by molar-refractivity contribution is 0.242. The molecule has 9 nitrogen and oxygen atoms in total. The second-order valence-corrected chi connectivity index (χ2v) is 7.34. The van der Waals surface area contributed by atoms with Gasteiger partial charge in [0.1, 0.15) is 5.75 Å². The smallest absolute Gasteiger partial charge is 0.323 e. The molecule has 0 spiro atoms. The summed E-state index contributed by atoms with van der Waals surface area (Å²) >= 11 is 5.90. The largest absolute Gasteiger partial charge is 0.495 e. The molecule has 1 aromatic carbocycles. The molecule has 0 radical (unpaired) electrons. The van der Waals surface area contributed by atoms with Crippen LogP contribution in [-0.2, 0) is 0 Å². The zero-order valence-electron chi connectivity index (χ0n) is 16.3. The maximum Gasteiger partial charge on any atom is 0.323 e. The van der Waals surface area contributed by atoms with Crippen LogP contribution in [0.2, 0.25) is 5.02 Å². The van der Waals surface area contributed by atoms with Crippen LogP contribution in [0.3, 0.4) is 0 Å². The van der Waals surface area contributed by atoms with Crippen molar-refractivity contribution in [1.29, 1.82) is 0 Å². The number of carbonyl (C=O) groups excluding carboxylic acids is 1. The number of ether oxygens (including phenoxy) is 1. The molecule has 1 saturated heterocycles. The fraction of sp³-hybridized carbons (Fsp3) is 0.300. The van der Waals surface area contributed by atoms with Crippen LogP contribution < -0.4 is 20.3 Å². The summed E-state index contributed by atoms with van der Waals surface area (Å²) in [6.45, 7) is 1.24. The van der Waals surface area contributed by atoms with Crippen LogP contribution in [0.15, 0.2) is 53.4 Å². The molecule has 156 valence electrons. The fourth-order valence-corrected chi connectivity index (χ4v) is 3.63. The van der Waals surface area contributed by atoms with E-state index >= 15 is 0 Å². The number of aromatic nitrogens is 3. The molecule has 1 fully saturated rings. The molecule has 4 rings (SSSR count). The first-order chi connectivity index (χ1) is 14.6. The van der Waals surface area contributed by atoms with Gasteiger partial charge in [0.05, 0.1) is 13.3 Å². The van der Waals surface area contributed by atoms with Crippen molar-refractivity contribution in [3.8, 4) is 5.75 Å². The number of nitrogens with zero attached hydrogens (tertiary/aromatic N) is 4. The molecule has 3 aromatic rings. The van der Waals surface area contributed by atoms with Crippen molar-refractivity contribution in [2.75, 3.05) is 30.4 Å². The Morgan fingerprint density at radius 3 is 2.73 bits per heavy atom. The highest BCUT2D eigenvalue weighted by atomic mass is 35.5. The molecule has 30 heavy (non-hydrogen) atoms. The summed E-state index contributed by atoms with van der Waals surface area (Å²) in [5.74, 6) is 0.598. The number of pyridine rings is 1. The molecule has 2 aromatic heterocycles. The van der Waals surface area contributed by atoms with E-state index < -0.39 is 0 Å². The van der Waals surface area contributed by atoms with Crippen molar-refractivity contribution in [2.24, 2.45) is 0 Å². The fourth-order valence-electron chi connectivity index (χ4n) is 3.51. The highest BCUT2D eigenvalue weighted by molar-refractivity contribution is 6.30. The number of rotatable bonds is 5. The third-order valence-corrected chi connectivity index (χ3v) is 5.28. The Morgan fingerprint density at radius 2 is 2.07 bits per heavy atom. The number of amides is 2. The van der Waals surface area contributed by atoms with E-state index in [4.69, 9.17) is 20.9 Å². The standard InChI is InChI=1S/C20H21ClN6O3/c1-29-15-6-7-17(22-10-15)16-11-27(20-23-12-24-30-20)9-8-18(16)26-19(28)25-14-4-2-13(21)3-5-14/h2-7,10,12,16,18H,8-9,11H2,1H3,(H2,25,26,28). The molecule has 0 saturated carbocycles. The van der Waals surface area contributed by atoms with Gasteiger partial charge in [-0.15, -0.1) is 0 Å². The monoisotopic (exact) mass is 428 g/mol. The van der Waals surface area contributed by atoms with Gasteiger partial charge in [0.15, 0.2) is 6.33 Å². The predicted molar refractivity (Wildman–Crippen MR) is 112 cm³/mol. The quantitative estimate of drug-likeness (QED) is 0.642. The molecule has 1 aliphatic heterocycles. The number of hydrogen-bond donors (Lipinski definition) is 2. The number of urea groups is 1. The van der Waals surface area contributed by atoms with Crippen molar-refractivity contribution in [3.63, 3.8) is 0 Å². The van der Waals surface area contributed by atoms with E-state index in [0.717, 1.165) is 5.69 Å². The zero-order chi connectivity index (χ0) is 20.9. The van der Waals surface area contributed by atoms with Gasteiger partial charge >= 0.3 is 12.0 Å². The van der Waals surface area contributed by atoms with E-state index in [2.05, 4.69) is 25.8 Å². The van der Waals surface area contributed by atoms with Crippen LogP contribution in [0.1, 0.15) is 18.0 Å². The van der Waals surface area contributed by atoms with Gasteiger partial charge in [-0.25, -0.2) is 4.79 Å². The summed E-state index contributed by atoms with van der Waals surface area (Å²) in [6, 6.07) is 10.8. The minimum absolute atomic E-state index is 0.0764. The van der Waals surface area contributed by atoms with E-state index in [9.17, 15) is 4.79 Å². The van der Waals surface area contributed by atoms with Crippen LogP contribution in [0.5, 0.6) is 5.75 Å². The summed E-state index contributed by atoms with van der Waals surface area (Å²) < 4.78 is 10.4. The zero-order valence-corrected chi connectivity index (χ0v) is 17.0. The number of hydrogen-bond acceptors (Lipinski definition) is 7. The van der Waals surface area contributed by atoms with Crippen molar-refractivity contribution < 1.29 is 14.1 Å². The van der Waals surface area contributed by atoms with Gasteiger partial charge in [0, 0.05) is 41.5 Å². The maximum absolute atomic E-state index is 12.6. The molecule has 2 atom stereocenters. The average Bonchev–Trinajstić information content (AvgIpc) is 3.31. The van der Waals surface area contributed by atoms with E-state index in [0.29, 0.717) is 42.0 Å². The maximum atomic E-state index is 12.6. The summed E-state index contributed by atoms with van der Waals surface area (Å²) in [6.07, 6.45) is 3.74. The van der Waals surface area contributed by atoms with E-state index in [1.165, 1.54) is 6.33 Å². The summed E-state index contributed by atoms with van der Waals surface area (Å²) in [5, 5.41) is 10.2. The van der Waals surface area contributed by atoms with Crippen LogP contribution >= 0.6 is 11.6 Å². The van der Waals surface area contributed by atoms with Gasteiger partial charge in [-0.2, -0.15) is 4.98 Å². The first-order valence-corrected chi connectivity index (χ1v) is 9.85. The highest BCUT2D eigenvalue weighted by Crippen LogP contribution is 2.29. The third-order valence-electron chi connectivity index (χ3n) is 5.03. The summed E-state index contributed by atoms with van der Waals surface area (Å²) in [5.41, 5.74) is 1.51. The molecule has 2 unspecified atom stereocenters. The molecule has 10 heteroatoms. The van der Waals surface area contributed by atoms with Crippen molar-refractivity contribution in [2.45, 2.75) is 18.4 Å². The van der Waals surface area contributed by atoms with Crippen LogP contribution in [-0.4, -0.2) is 47.4 Å². The van der Waals surface area contributed by atoms with Crippen molar-refractivity contribution >= 4 is 29.3 Å². The Balaban J connectivity index is 1.50. The number of nitrogens with one attached hydrogen (secondary N) is 2. The number of anilines is 2. The molecule has 2 amide bonds. The van der Waals surface area contributed by atoms with Crippen LogP contribution in [0.25, 0.3) is 0 Å². The first-order valence-electron chi connectivity index (χ1n) is 9.47. The Morgan fingerprint density at radius 1 is 1.23 bits per heavy atom. The normalized spacial score (nSPS) is 18.7. The number of benzene rings is 1. The predicted octanol–water partition coefficient (Wildman–Crippen LogP) is 3.31. The van der Waals surface area contributed by atoms with Crippen LogP contribution in [0, 0.1) is 0 Å². The molecule has 1 aliphatic rings. The van der Waals surface area contributed by atoms with Gasteiger partial charge in [0.25, 0.3) is 0 Å². The molecule has 0 aliphatic carbocycles.